The smallest absolute Gasteiger partial charge is 0.346 e. The Morgan fingerprint density at radius 3 is 2.46 bits per heavy atom. The van der Waals surface area contributed by atoms with E-state index in [1.807, 2.05) is 42.9 Å². The van der Waals surface area contributed by atoms with Gasteiger partial charge in [0.25, 0.3) is 0 Å². The van der Waals surface area contributed by atoms with Gasteiger partial charge in [0, 0.05) is 35.1 Å². The van der Waals surface area contributed by atoms with Crippen molar-refractivity contribution in [2.24, 2.45) is 0 Å². The van der Waals surface area contributed by atoms with E-state index in [2.05, 4.69) is 33.2 Å². The second kappa shape index (κ2) is 7.49. The first-order valence-corrected chi connectivity index (χ1v) is 8.26. The van der Waals surface area contributed by atoms with E-state index in [0.717, 1.165) is 26.5 Å². The van der Waals surface area contributed by atoms with Crippen LogP contribution in [0, 0.1) is 0 Å². The summed E-state index contributed by atoms with van der Waals surface area (Å²) in [5.41, 5.74) is 3.25. The largest absolute Gasteiger partial charge is 0.446 e. The van der Waals surface area contributed by atoms with E-state index < -0.39 is 12.5 Å². The summed E-state index contributed by atoms with van der Waals surface area (Å²) >= 11 is 1.70. The number of aromatic nitrogens is 3. The van der Waals surface area contributed by atoms with Gasteiger partial charge in [-0.15, -0.1) is 11.3 Å². The van der Waals surface area contributed by atoms with Crippen LogP contribution in [-0.2, 0) is 4.79 Å². The number of benzene rings is 1. The molecular formula is C18H12F3N3OS. The van der Waals surface area contributed by atoms with Gasteiger partial charge < -0.3 is 4.98 Å². The third-order valence-electron chi connectivity index (χ3n) is 3.39. The highest BCUT2D eigenvalue weighted by molar-refractivity contribution is 7.18. The highest BCUT2D eigenvalue weighted by Crippen LogP contribution is 2.34. The molecule has 1 aromatic carbocycles. The fraction of sp³-hybridized carbons (Fsp3) is 0.0556. The molecule has 4 rings (SSSR count). The van der Waals surface area contributed by atoms with E-state index in [-0.39, 0.29) is 0 Å². The molecule has 132 valence electrons. The summed E-state index contributed by atoms with van der Waals surface area (Å²) in [6, 6.07) is 14.4. The lowest BCUT2D eigenvalue weighted by atomic mass is 10.2. The predicted molar refractivity (Wildman–Crippen MR) is 94.8 cm³/mol. The van der Waals surface area contributed by atoms with Gasteiger partial charge in [-0.25, -0.2) is 9.97 Å². The van der Waals surface area contributed by atoms with Crippen molar-refractivity contribution in [3.63, 3.8) is 0 Å². The number of carbonyl (C=O) groups excluding carboxylic acids is 1. The van der Waals surface area contributed by atoms with Crippen LogP contribution in [0.3, 0.4) is 0 Å². The summed E-state index contributed by atoms with van der Waals surface area (Å²) < 4.78 is 31.2. The van der Waals surface area contributed by atoms with Crippen LogP contribution in [0.2, 0.25) is 0 Å². The first kappa shape index (κ1) is 17.8. The maximum absolute atomic E-state index is 10.4. The van der Waals surface area contributed by atoms with E-state index in [1.54, 1.807) is 11.3 Å². The lowest BCUT2D eigenvalue weighted by Gasteiger charge is -1.98. The first-order chi connectivity index (χ1) is 12.5. The second-order valence-corrected chi connectivity index (χ2v) is 6.18. The van der Waals surface area contributed by atoms with Gasteiger partial charge in [0.1, 0.15) is 10.7 Å². The molecule has 3 heterocycles. The SMILES string of the molecule is O=CC(F)(F)F.c1ccc(-c2ncc(-c3ccnc4[nH]ccc34)s2)cc1. The Bertz CT molecular complexity index is 1010. The quantitative estimate of drug-likeness (QED) is 0.496. The average Bonchev–Trinajstić information content (AvgIpc) is 3.31. The van der Waals surface area contributed by atoms with Crippen LogP contribution in [0.1, 0.15) is 0 Å². The van der Waals surface area contributed by atoms with Crippen LogP contribution in [0.5, 0.6) is 0 Å². The molecule has 0 atom stereocenters. The molecule has 0 aliphatic carbocycles. The van der Waals surface area contributed by atoms with Gasteiger partial charge in [-0.3, -0.25) is 4.79 Å². The van der Waals surface area contributed by atoms with Crippen LogP contribution in [0.25, 0.3) is 32.0 Å². The molecule has 0 aliphatic heterocycles. The topological polar surface area (TPSA) is 58.6 Å². The fourth-order valence-corrected chi connectivity index (χ4v) is 3.25. The molecule has 1 N–H and O–H groups in total. The maximum Gasteiger partial charge on any atom is 0.446 e. The Labute approximate surface area is 150 Å². The van der Waals surface area contributed by atoms with Gasteiger partial charge >= 0.3 is 6.18 Å². The van der Waals surface area contributed by atoms with Crippen molar-refractivity contribution in [3.05, 3.63) is 61.1 Å². The Balaban J connectivity index is 0.000000286. The van der Waals surface area contributed by atoms with Crippen molar-refractivity contribution in [1.29, 1.82) is 0 Å². The van der Waals surface area contributed by atoms with Gasteiger partial charge in [-0.1, -0.05) is 30.3 Å². The number of aromatic amines is 1. The molecule has 0 amide bonds. The fourth-order valence-electron chi connectivity index (χ4n) is 2.29. The van der Waals surface area contributed by atoms with Gasteiger partial charge in [0.2, 0.25) is 6.29 Å². The summed E-state index contributed by atoms with van der Waals surface area (Å²) in [6.07, 6.45) is -0.0157. The number of nitrogens with zero attached hydrogens (tertiary/aromatic N) is 2. The second-order valence-electron chi connectivity index (χ2n) is 5.15. The zero-order valence-corrected chi connectivity index (χ0v) is 14.0. The van der Waals surface area contributed by atoms with Crippen LogP contribution < -0.4 is 0 Å². The van der Waals surface area contributed by atoms with Gasteiger partial charge in [-0.05, 0) is 12.1 Å². The average molecular weight is 375 g/mol. The third-order valence-corrected chi connectivity index (χ3v) is 4.47. The van der Waals surface area contributed by atoms with Crippen molar-refractivity contribution < 1.29 is 18.0 Å². The minimum Gasteiger partial charge on any atom is -0.346 e. The molecule has 4 aromatic rings. The highest BCUT2D eigenvalue weighted by atomic mass is 32.1. The van der Waals surface area contributed by atoms with Gasteiger partial charge in [0.05, 0.1) is 4.88 Å². The summed E-state index contributed by atoms with van der Waals surface area (Å²) in [7, 11) is 0. The number of pyridine rings is 1. The number of H-pyrrole nitrogens is 1. The van der Waals surface area contributed by atoms with Gasteiger partial charge in [0.15, 0.2) is 0 Å². The number of hydrogen-bond donors (Lipinski definition) is 1. The summed E-state index contributed by atoms with van der Waals surface area (Å²) in [4.78, 5) is 21.9. The van der Waals surface area contributed by atoms with Crippen LogP contribution >= 0.6 is 11.3 Å². The minimum absolute atomic E-state index is 0.914. The Hall–Kier alpha value is -3.00. The van der Waals surface area contributed by atoms with E-state index in [0.29, 0.717) is 0 Å². The van der Waals surface area contributed by atoms with Crippen LogP contribution in [-0.4, -0.2) is 27.4 Å². The van der Waals surface area contributed by atoms with Crippen molar-refractivity contribution in [2.75, 3.05) is 0 Å². The van der Waals surface area contributed by atoms with E-state index >= 15 is 0 Å². The molecule has 0 fully saturated rings. The minimum atomic E-state index is -4.64. The Morgan fingerprint density at radius 1 is 1.04 bits per heavy atom. The van der Waals surface area contributed by atoms with Crippen LogP contribution in [0.4, 0.5) is 13.2 Å². The van der Waals surface area contributed by atoms with Crippen molar-refractivity contribution in [3.8, 4) is 21.0 Å². The zero-order chi connectivity index (χ0) is 18.6. The standard InChI is InChI=1S/C16H11N3S.C2HF3O/c1-2-4-11(5-3-1)16-19-10-14(20-16)12-6-8-17-15-13(12)7-9-18-15;3-2(4,5)1-6/h1-10H,(H,17,18);1H. The lowest BCUT2D eigenvalue weighted by Crippen LogP contribution is -2.07. The predicted octanol–water partition coefficient (Wildman–Crippen LogP) is 5.10. The molecule has 0 radical (unpaired) electrons. The molecule has 8 heteroatoms. The number of carbonyl (C=O) groups is 1. The molecule has 3 aromatic heterocycles. The monoisotopic (exact) mass is 375 g/mol. The summed E-state index contributed by atoms with van der Waals surface area (Å²) in [5, 5.41) is 2.18. The molecule has 0 aliphatic rings. The number of nitrogens with one attached hydrogen (secondary N) is 1. The number of aldehydes is 1. The van der Waals surface area contributed by atoms with Crippen molar-refractivity contribution in [1.82, 2.24) is 15.0 Å². The number of hydrogen-bond acceptors (Lipinski definition) is 4. The third kappa shape index (κ3) is 4.15. The van der Waals surface area contributed by atoms with Crippen LogP contribution in [0.15, 0.2) is 61.1 Å². The highest BCUT2D eigenvalue weighted by Gasteiger charge is 2.24. The Morgan fingerprint density at radius 2 is 1.77 bits per heavy atom. The molecule has 4 nitrogen and oxygen atoms in total. The number of alkyl halides is 3. The normalized spacial score (nSPS) is 11.0. The Kier molecular flexibility index (Phi) is 5.13. The maximum atomic E-state index is 10.4. The molecule has 0 spiro atoms. The van der Waals surface area contributed by atoms with E-state index in [9.17, 15) is 13.2 Å². The van der Waals surface area contributed by atoms with Gasteiger partial charge in [-0.2, -0.15) is 13.2 Å². The molecule has 26 heavy (non-hydrogen) atoms. The summed E-state index contributed by atoms with van der Waals surface area (Å²) in [6.45, 7) is 0. The first-order valence-electron chi connectivity index (χ1n) is 7.45. The zero-order valence-electron chi connectivity index (χ0n) is 13.2. The number of thiazole rings is 1. The number of fused-ring (bicyclic) bond motifs is 1. The molecule has 0 unspecified atom stereocenters. The number of halogens is 3. The number of rotatable bonds is 2. The molecule has 0 bridgehead atoms. The van der Waals surface area contributed by atoms with E-state index in [4.69, 9.17) is 4.79 Å². The molecule has 0 saturated heterocycles. The molecule has 0 saturated carbocycles. The van der Waals surface area contributed by atoms with E-state index in [1.165, 1.54) is 5.56 Å². The van der Waals surface area contributed by atoms with Crippen molar-refractivity contribution >= 4 is 28.7 Å². The lowest BCUT2D eigenvalue weighted by molar-refractivity contribution is -0.156. The summed E-state index contributed by atoms with van der Waals surface area (Å²) in [5.74, 6) is 0. The molecular weight excluding hydrogens is 363 g/mol. The van der Waals surface area contributed by atoms with Crippen molar-refractivity contribution in [2.45, 2.75) is 6.18 Å².